The molecule has 8 heteroatoms. The first kappa shape index (κ1) is 23.8. The molecule has 2 aromatic heterocycles. The number of hydrogen-bond acceptors (Lipinski definition) is 4. The van der Waals surface area contributed by atoms with Gasteiger partial charge in [-0.2, -0.15) is 5.10 Å². The minimum absolute atomic E-state index is 0.123. The molecule has 2 amide bonds. The summed E-state index contributed by atoms with van der Waals surface area (Å²) in [6.07, 6.45) is 8.28. The van der Waals surface area contributed by atoms with Gasteiger partial charge in [0.2, 0.25) is 0 Å². The Morgan fingerprint density at radius 3 is 2.67 bits per heavy atom. The molecule has 186 valence electrons. The van der Waals surface area contributed by atoms with Crippen molar-refractivity contribution in [2.75, 3.05) is 12.4 Å². The fourth-order valence-electron chi connectivity index (χ4n) is 5.07. The number of carbonyl (C=O) groups excluding carboxylic acids is 2. The molecule has 0 aliphatic heterocycles. The van der Waals surface area contributed by atoms with Gasteiger partial charge >= 0.3 is 0 Å². The summed E-state index contributed by atoms with van der Waals surface area (Å²) in [5.41, 5.74) is 5.07. The fourth-order valence-corrected chi connectivity index (χ4v) is 5.07. The Morgan fingerprint density at radius 2 is 1.92 bits per heavy atom. The van der Waals surface area contributed by atoms with Crippen LogP contribution in [0.2, 0.25) is 0 Å². The molecule has 1 fully saturated rings. The largest absolute Gasteiger partial charge is 0.336 e. The van der Waals surface area contributed by atoms with Crippen molar-refractivity contribution in [3.63, 3.8) is 0 Å². The number of fused-ring (bicyclic) bond motifs is 1. The number of aryl methyl sites for hydroxylation is 1. The van der Waals surface area contributed by atoms with E-state index in [1.807, 2.05) is 36.7 Å². The molecule has 5 rings (SSSR count). The number of benzene rings is 2. The first-order chi connectivity index (χ1) is 17.5. The lowest BCUT2D eigenvalue weighted by Gasteiger charge is -2.20. The van der Waals surface area contributed by atoms with E-state index in [2.05, 4.69) is 32.0 Å². The number of amides is 2. The van der Waals surface area contributed by atoms with Gasteiger partial charge < -0.3 is 14.8 Å². The van der Waals surface area contributed by atoms with Crippen LogP contribution in [0.25, 0.3) is 11.0 Å². The van der Waals surface area contributed by atoms with Crippen molar-refractivity contribution < 1.29 is 9.59 Å². The zero-order valence-electron chi connectivity index (χ0n) is 20.8. The molecule has 0 atom stereocenters. The highest BCUT2D eigenvalue weighted by Crippen LogP contribution is 2.34. The zero-order chi connectivity index (χ0) is 25.1. The fraction of sp³-hybridized carbons (Fsp3) is 0.357. The van der Waals surface area contributed by atoms with Gasteiger partial charge in [-0.1, -0.05) is 44.4 Å². The van der Waals surface area contributed by atoms with Crippen molar-refractivity contribution in [2.24, 2.45) is 0 Å². The van der Waals surface area contributed by atoms with Crippen LogP contribution in [-0.2, 0) is 13.0 Å². The second kappa shape index (κ2) is 10.4. The van der Waals surface area contributed by atoms with Gasteiger partial charge in [-0.15, -0.1) is 0 Å². The first-order valence-corrected chi connectivity index (χ1v) is 12.7. The number of hydrogen-bond donors (Lipinski definition) is 2. The maximum atomic E-state index is 13.8. The van der Waals surface area contributed by atoms with Gasteiger partial charge in [0.05, 0.1) is 40.9 Å². The van der Waals surface area contributed by atoms with Crippen LogP contribution in [0.3, 0.4) is 0 Å². The Morgan fingerprint density at radius 1 is 1.14 bits per heavy atom. The van der Waals surface area contributed by atoms with E-state index in [9.17, 15) is 9.59 Å². The number of anilines is 1. The third kappa shape index (κ3) is 4.89. The quantitative estimate of drug-likeness (QED) is 0.352. The Kier molecular flexibility index (Phi) is 6.84. The zero-order valence-corrected chi connectivity index (χ0v) is 20.8. The lowest BCUT2D eigenvalue weighted by molar-refractivity contribution is 0.0784. The molecule has 1 aliphatic carbocycles. The molecule has 1 saturated carbocycles. The summed E-state index contributed by atoms with van der Waals surface area (Å²) >= 11 is 0. The predicted octanol–water partition coefficient (Wildman–Crippen LogP) is 5.35. The van der Waals surface area contributed by atoms with Crippen LogP contribution in [0.1, 0.15) is 77.2 Å². The Hall–Kier alpha value is -3.94. The highest BCUT2D eigenvalue weighted by Gasteiger charge is 2.25. The van der Waals surface area contributed by atoms with Gasteiger partial charge in [-0.3, -0.25) is 14.7 Å². The number of aromatic nitrogens is 4. The van der Waals surface area contributed by atoms with Gasteiger partial charge in [-0.05, 0) is 49.6 Å². The first-order valence-electron chi connectivity index (χ1n) is 12.7. The monoisotopic (exact) mass is 484 g/mol. The molecule has 2 N–H and O–H groups in total. The van der Waals surface area contributed by atoms with Gasteiger partial charge in [-0.25, -0.2) is 4.98 Å². The Labute approximate surface area is 210 Å². The van der Waals surface area contributed by atoms with E-state index in [-0.39, 0.29) is 11.8 Å². The second-order valence-electron chi connectivity index (χ2n) is 9.60. The van der Waals surface area contributed by atoms with E-state index in [1.54, 1.807) is 30.1 Å². The predicted molar refractivity (Wildman–Crippen MR) is 140 cm³/mol. The minimum atomic E-state index is -0.224. The van der Waals surface area contributed by atoms with Gasteiger partial charge in [0.25, 0.3) is 11.8 Å². The van der Waals surface area contributed by atoms with Crippen molar-refractivity contribution in [3.05, 3.63) is 77.4 Å². The van der Waals surface area contributed by atoms with Crippen molar-refractivity contribution in [1.82, 2.24) is 24.6 Å². The molecular formula is C28H32N6O2. The third-order valence-electron chi connectivity index (χ3n) is 6.86. The molecule has 1 aliphatic rings. The molecule has 8 nitrogen and oxygen atoms in total. The highest BCUT2D eigenvalue weighted by atomic mass is 16.2. The molecular weight excluding hydrogens is 452 g/mol. The number of nitrogens with one attached hydrogen (secondary N) is 2. The molecule has 0 bridgehead atoms. The van der Waals surface area contributed by atoms with Crippen molar-refractivity contribution in [2.45, 2.75) is 58.0 Å². The summed E-state index contributed by atoms with van der Waals surface area (Å²) in [5.74, 6) is -0.347. The van der Waals surface area contributed by atoms with Crippen LogP contribution in [0.4, 0.5) is 5.69 Å². The summed E-state index contributed by atoms with van der Waals surface area (Å²) in [7, 11) is 1.79. The molecule has 2 aromatic carbocycles. The van der Waals surface area contributed by atoms with Gasteiger partial charge in [0.15, 0.2) is 0 Å². The molecule has 36 heavy (non-hydrogen) atoms. The molecule has 0 radical (unpaired) electrons. The number of H-pyrrole nitrogens is 1. The SMILES string of the molecule is CCCc1cc(CN(C)C(=O)c2cc(NC(=O)c3ccccc3)cc3ncn(C4CCCC4)c23)[nH]n1. The Bertz CT molecular complexity index is 1370. The lowest BCUT2D eigenvalue weighted by atomic mass is 10.1. The smallest absolute Gasteiger partial charge is 0.256 e. The molecule has 2 heterocycles. The van der Waals surface area contributed by atoms with Crippen LogP contribution in [0, 0.1) is 0 Å². The maximum absolute atomic E-state index is 13.8. The van der Waals surface area contributed by atoms with E-state index in [1.165, 1.54) is 12.8 Å². The minimum Gasteiger partial charge on any atom is -0.336 e. The van der Waals surface area contributed by atoms with Crippen molar-refractivity contribution in [3.8, 4) is 0 Å². The summed E-state index contributed by atoms with van der Waals surface area (Å²) in [4.78, 5) is 33.0. The van der Waals surface area contributed by atoms with Crippen LogP contribution in [-0.4, -0.2) is 43.5 Å². The van der Waals surface area contributed by atoms with Gasteiger partial charge in [0, 0.05) is 24.3 Å². The maximum Gasteiger partial charge on any atom is 0.256 e. The molecule has 0 spiro atoms. The number of carbonyl (C=O) groups is 2. The summed E-state index contributed by atoms with van der Waals surface area (Å²) in [6, 6.07) is 15.0. The van der Waals surface area contributed by atoms with Gasteiger partial charge in [0.1, 0.15) is 0 Å². The summed E-state index contributed by atoms with van der Waals surface area (Å²) < 4.78 is 2.15. The summed E-state index contributed by atoms with van der Waals surface area (Å²) in [5, 5.41) is 10.4. The molecule has 0 saturated heterocycles. The normalized spacial score (nSPS) is 13.8. The van der Waals surface area contributed by atoms with E-state index in [0.717, 1.165) is 42.6 Å². The molecule has 0 unspecified atom stereocenters. The van der Waals surface area contributed by atoms with Crippen LogP contribution in [0.5, 0.6) is 0 Å². The number of imidazole rings is 1. The lowest BCUT2D eigenvalue weighted by Crippen LogP contribution is -2.27. The molecule has 4 aromatic rings. The van der Waals surface area contributed by atoms with Crippen molar-refractivity contribution >= 4 is 28.5 Å². The third-order valence-corrected chi connectivity index (χ3v) is 6.86. The topological polar surface area (TPSA) is 95.9 Å². The van der Waals surface area contributed by atoms with E-state index < -0.39 is 0 Å². The van der Waals surface area contributed by atoms with E-state index in [0.29, 0.717) is 34.9 Å². The highest BCUT2D eigenvalue weighted by molar-refractivity contribution is 6.09. The second-order valence-corrected chi connectivity index (χ2v) is 9.60. The number of rotatable bonds is 8. The number of nitrogens with zero attached hydrogens (tertiary/aromatic N) is 4. The van der Waals surface area contributed by atoms with Crippen molar-refractivity contribution in [1.29, 1.82) is 0 Å². The van der Waals surface area contributed by atoms with E-state index >= 15 is 0 Å². The average molecular weight is 485 g/mol. The Balaban J connectivity index is 1.49. The van der Waals surface area contributed by atoms with Crippen LogP contribution in [0.15, 0.2) is 54.9 Å². The van der Waals surface area contributed by atoms with E-state index in [4.69, 9.17) is 0 Å². The summed E-state index contributed by atoms with van der Waals surface area (Å²) in [6.45, 7) is 2.53. The number of aromatic amines is 1. The average Bonchev–Trinajstić information content (AvgIpc) is 3.65. The standard InChI is InChI=1S/C28H32N6O2/c1-3-9-20-14-22(32-31-20)17-33(2)28(36)24-15-21(30-27(35)19-10-5-4-6-11-19)16-25-26(24)34(18-29-25)23-12-7-8-13-23/h4-6,10-11,14-16,18,23H,3,7-9,12-13,17H2,1-2H3,(H,30,35)(H,31,32). The van der Waals surface area contributed by atoms with Crippen LogP contribution < -0.4 is 5.32 Å². The van der Waals surface area contributed by atoms with Crippen LogP contribution >= 0.6 is 0 Å².